The molecule has 166 valence electrons. The monoisotopic (exact) mass is 426 g/mol. The van der Waals surface area contributed by atoms with E-state index in [1.54, 1.807) is 12.4 Å². The third kappa shape index (κ3) is 4.55. The fourth-order valence-electron chi connectivity index (χ4n) is 4.41. The highest BCUT2D eigenvalue weighted by Crippen LogP contribution is 2.33. The minimum Gasteiger partial charge on any atom is -0.342 e. The van der Waals surface area contributed by atoms with E-state index in [4.69, 9.17) is 4.99 Å². The number of aliphatic imine (C=N–C) groups is 1. The number of guanidine groups is 1. The minimum atomic E-state index is 0.160. The molecule has 0 bridgehead atoms. The number of piperidine rings is 1. The summed E-state index contributed by atoms with van der Waals surface area (Å²) in [4.78, 5) is 13.6. The van der Waals surface area contributed by atoms with Gasteiger partial charge in [-0.1, -0.05) is 58.2 Å². The zero-order valence-corrected chi connectivity index (χ0v) is 19.8. The van der Waals surface area contributed by atoms with Crippen LogP contribution in [0, 0.1) is 5.92 Å². The maximum Gasteiger partial charge on any atom is 0.206 e. The Morgan fingerprint density at radius 2 is 1.75 bits per heavy atom. The molecule has 0 N–H and O–H groups in total. The summed E-state index contributed by atoms with van der Waals surface area (Å²) in [5.74, 6) is 1.37. The van der Waals surface area contributed by atoms with Crippen molar-refractivity contribution < 1.29 is 0 Å². The molecule has 0 radical (unpaired) electrons. The molecule has 2 aliphatic rings. The SMILES string of the molecule is C=C(c1ccc(C(C)(C)C)cc1)C1CCCN(C2=NC(c3ccncc3)=CC(=C)N2C)C1. The molecule has 0 aliphatic carbocycles. The van der Waals surface area contributed by atoms with Gasteiger partial charge in [-0.3, -0.25) is 4.98 Å². The van der Waals surface area contributed by atoms with Gasteiger partial charge in [0.2, 0.25) is 5.96 Å². The molecule has 0 spiro atoms. The highest BCUT2D eigenvalue weighted by molar-refractivity contribution is 5.91. The van der Waals surface area contributed by atoms with Crippen molar-refractivity contribution >= 4 is 17.2 Å². The van der Waals surface area contributed by atoms with Crippen LogP contribution in [0.3, 0.4) is 0 Å². The number of rotatable bonds is 3. The second kappa shape index (κ2) is 8.78. The largest absolute Gasteiger partial charge is 0.342 e. The first-order valence-corrected chi connectivity index (χ1v) is 11.4. The van der Waals surface area contributed by atoms with Crippen LogP contribution in [-0.2, 0) is 5.41 Å². The van der Waals surface area contributed by atoms with E-state index in [-0.39, 0.29) is 5.41 Å². The van der Waals surface area contributed by atoms with E-state index in [1.807, 2.05) is 25.3 Å². The van der Waals surface area contributed by atoms with E-state index in [0.717, 1.165) is 48.8 Å². The van der Waals surface area contributed by atoms with Crippen LogP contribution in [0.1, 0.15) is 50.3 Å². The molecule has 0 saturated carbocycles. The summed E-state index contributed by atoms with van der Waals surface area (Å²) < 4.78 is 0. The molecule has 3 heterocycles. The summed E-state index contributed by atoms with van der Waals surface area (Å²) in [6.45, 7) is 17.4. The predicted molar refractivity (Wildman–Crippen MR) is 135 cm³/mol. The number of pyridine rings is 1. The summed E-state index contributed by atoms with van der Waals surface area (Å²) in [6, 6.07) is 12.9. The third-order valence-corrected chi connectivity index (χ3v) is 6.55. The second-order valence-electron chi connectivity index (χ2n) is 9.87. The average Bonchev–Trinajstić information content (AvgIpc) is 2.80. The van der Waals surface area contributed by atoms with Gasteiger partial charge < -0.3 is 9.80 Å². The number of aromatic nitrogens is 1. The van der Waals surface area contributed by atoms with Gasteiger partial charge in [0.25, 0.3) is 0 Å². The van der Waals surface area contributed by atoms with E-state index in [1.165, 1.54) is 16.7 Å². The molecular formula is C28H34N4. The molecule has 1 saturated heterocycles. The Morgan fingerprint density at radius 1 is 1.06 bits per heavy atom. The van der Waals surface area contributed by atoms with Gasteiger partial charge in [-0.05, 0) is 53.2 Å². The van der Waals surface area contributed by atoms with Crippen LogP contribution in [0.5, 0.6) is 0 Å². The van der Waals surface area contributed by atoms with Crippen molar-refractivity contribution in [3.05, 3.63) is 90.4 Å². The number of hydrogen-bond acceptors (Lipinski definition) is 4. The maximum atomic E-state index is 5.02. The first kappa shape index (κ1) is 22.1. The Hall–Kier alpha value is -3.14. The first-order chi connectivity index (χ1) is 15.2. The predicted octanol–water partition coefficient (Wildman–Crippen LogP) is 5.96. The molecule has 1 aromatic heterocycles. The number of nitrogens with zero attached hydrogens (tertiary/aromatic N) is 4. The lowest BCUT2D eigenvalue weighted by atomic mass is 9.83. The molecule has 0 amide bonds. The summed E-state index contributed by atoms with van der Waals surface area (Å²) in [7, 11) is 2.05. The summed E-state index contributed by atoms with van der Waals surface area (Å²) in [5, 5.41) is 0. The Morgan fingerprint density at radius 3 is 2.41 bits per heavy atom. The fourth-order valence-corrected chi connectivity index (χ4v) is 4.41. The van der Waals surface area contributed by atoms with Gasteiger partial charge in [0, 0.05) is 49.7 Å². The van der Waals surface area contributed by atoms with E-state index in [2.05, 4.69) is 73.0 Å². The zero-order valence-electron chi connectivity index (χ0n) is 19.8. The molecule has 2 aromatic rings. The van der Waals surface area contributed by atoms with Gasteiger partial charge in [-0.15, -0.1) is 0 Å². The second-order valence-corrected chi connectivity index (χ2v) is 9.87. The lowest BCUT2D eigenvalue weighted by molar-refractivity contribution is 0.275. The van der Waals surface area contributed by atoms with Crippen molar-refractivity contribution in [3.63, 3.8) is 0 Å². The lowest BCUT2D eigenvalue weighted by Gasteiger charge is -2.40. The molecule has 1 aromatic carbocycles. The molecule has 4 nitrogen and oxygen atoms in total. The van der Waals surface area contributed by atoms with Gasteiger partial charge in [-0.2, -0.15) is 0 Å². The van der Waals surface area contributed by atoms with E-state index >= 15 is 0 Å². The molecule has 1 fully saturated rings. The molecule has 4 rings (SSSR count). The number of benzene rings is 1. The maximum absolute atomic E-state index is 5.02. The molecule has 1 unspecified atom stereocenters. The van der Waals surface area contributed by atoms with Gasteiger partial charge in [0.1, 0.15) is 0 Å². The normalized spacial score (nSPS) is 19.5. The molecule has 32 heavy (non-hydrogen) atoms. The van der Waals surface area contributed by atoms with Crippen LogP contribution in [-0.4, -0.2) is 40.9 Å². The van der Waals surface area contributed by atoms with Crippen LogP contribution < -0.4 is 0 Å². The highest BCUT2D eigenvalue weighted by atomic mass is 15.4. The van der Waals surface area contributed by atoms with Crippen LogP contribution in [0.4, 0.5) is 0 Å². The number of likely N-dealkylation sites (tertiary alicyclic amines) is 1. The first-order valence-electron chi connectivity index (χ1n) is 11.4. The van der Waals surface area contributed by atoms with Crippen molar-refractivity contribution in [1.82, 2.24) is 14.8 Å². The summed E-state index contributed by atoms with van der Waals surface area (Å²) in [6.07, 6.45) is 7.92. The molecule has 4 heteroatoms. The third-order valence-electron chi connectivity index (χ3n) is 6.55. The lowest BCUT2D eigenvalue weighted by Crippen LogP contribution is -2.47. The fraction of sp³-hybridized carbons (Fsp3) is 0.357. The Labute approximate surface area is 192 Å². The topological polar surface area (TPSA) is 31.7 Å². The minimum absolute atomic E-state index is 0.160. The van der Waals surface area contributed by atoms with E-state index < -0.39 is 0 Å². The summed E-state index contributed by atoms with van der Waals surface area (Å²) >= 11 is 0. The van der Waals surface area contributed by atoms with Crippen LogP contribution in [0.15, 0.2) is 78.7 Å². The van der Waals surface area contributed by atoms with Gasteiger partial charge in [0.05, 0.1) is 5.70 Å². The van der Waals surface area contributed by atoms with Crippen LogP contribution in [0.2, 0.25) is 0 Å². The Balaban J connectivity index is 1.54. The smallest absolute Gasteiger partial charge is 0.206 e. The number of likely N-dealkylation sites (N-methyl/N-ethyl adjacent to an activating group) is 1. The van der Waals surface area contributed by atoms with Crippen LogP contribution in [0.25, 0.3) is 11.3 Å². The molecular weight excluding hydrogens is 392 g/mol. The van der Waals surface area contributed by atoms with Crippen molar-refractivity contribution in [2.45, 2.75) is 39.0 Å². The number of hydrogen-bond donors (Lipinski definition) is 0. The Kier molecular flexibility index (Phi) is 6.05. The van der Waals surface area contributed by atoms with E-state index in [0.29, 0.717) is 5.92 Å². The van der Waals surface area contributed by atoms with Crippen molar-refractivity contribution in [2.75, 3.05) is 20.1 Å². The van der Waals surface area contributed by atoms with Gasteiger partial charge in [0.15, 0.2) is 0 Å². The molecule has 2 aliphatic heterocycles. The van der Waals surface area contributed by atoms with E-state index in [9.17, 15) is 0 Å². The quantitative estimate of drug-likeness (QED) is 0.607. The zero-order chi connectivity index (χ0) is 22.9. The van der Waals surface area contributed by atoms with Crippen molar-refractivity contribution in [1.29, 1.82) is 0 Å². The standard InChI is InChI=1S/C28H34N4/c1-20-18-26(23-13-15-29-16-14-23)30-27(31(20)6)32-17-7-8-24(19-32)21(2)22-9-11-25(12-10-22)28(3,4)5/h9-16,18,24H,1-2,7-8,17,19H2,3-6H3. The Bertz CT molecular complexity index is 1050. The highest BCUT2D eigenvalue weighted by Gasteiger charge is 2.29. The summed E-state index contributed by atoms with van der Waals surface area (Å²) in [5.41, 5.74) is 6.91. The van der Waals surface area contributed by atoms with Crippen LogP contribution >= 0.6 is 0 Å². The van der Waals surface area contributed by atoms with Gasteiger partial charge in [-0.25, -0.2) is 4.99 Å². The number of allylic oxidation sites excluding steroid dienone is 1. The van der Waals surface area contributed by atoms with Crippen molar-refractivity contribution in [2.24, 2.45) is 10.9 Å². The van der Waals surface area contributed by atoms with Crippen molar-refractivity contribution in [3.8, 4) is 0 Å². The molecule has 1 atom stereocenters. The van der Waals surface area contributed by atoms with Gasteiger partial charge >= 0.3 is 0 Å². The average molecular weight is 427 g/mol.